The molecule has 0 bridgehead atoms. The molecule has 1 N–H and O–H groups in total. The molecule has 0 radical (unpaired) electrons. The minimum atomic E-state index is -0.245. The van der Waals surface area contributed by atoms with Crippen molar-refractivity contribution in [3.63, 3.8) is 0 Å². The topological polar surface area (TPSA) is 69.7 Å². The molecule has 1 unspecified atom stereocenters. The molecule has 29 heavy (non-hydrogen) atoms. The van der Waals surface area contributed by atoms with Crippen molar-refractivity contribution in [2.24, 2.45) is 5.92 Å². The van der Waals surface area contributed by atoms with Crippen LogP contribution in [-0.2, 0) is 4.79 Å². The summed E-state index contributed by atoms with van der Waals surface area (Å²) in [6.07, 6.45) is 3.66. The first-order valence-electron chi connectivity index (χ1n) is 10.1. The number of thiophene rings is 1. The third-order valence-electron chi connectivity index (χ3n) is 5.58. The highest BCUT2D eigenvalue weighted by atomic mass is 32.1. The summed E-state index contributed by atoms with van der Waals surface area (Å²) in [5, 5.41) is 4.83. The average Bonchev–Trinajstić information content (AvgIpc) is 3.47. The SMILES string of the molecule is O=C(Nc1cccc(C(=O)N2CCCC2)c1)C1CCCN(C(=O)c2cccs2)C1. The molecule has 2 aromatic rings. The number of rotatable bonds is 4. The van der Waals surface area contributed by atoms with Crippen molar-refractivity contribution < 1.29 is 14.4 Å². The van der Waals surface area contributed by atoms with Crippen LogP contribution in [0.3, 0.4) is 0 Å². The van der Waals surface area contributed by atoms with Gasteiger partial charge in [0.15, 0.2) is 0 Å². The van der Waals surface area contributed by atoms with E-state index in [9.17, 15) is 14.4 Å². The van der Waals surface area contributed by atoms with Crippen molar-refractivity contribution >= 4 is 34.7 Å². The molecule has 2 aliphatic heterocycles. The summed E-state index contributed by atoms with van der Waals surface area (Å²) in [5.74, 6) is -0.329. The number of anilines is 1. The van der Waals surface area contributed by atoms with Crippen molar-refractivity contribution in [3.05, 3.63) is 52.2 Å². The fourth-order valence-electron chi connectivity index (χ4n) is 4.01. The van der Waals surface area contributed by atoms with E-state index in [0.29, 0.717) is 29.2 Å². The number of carbonyl (C=O) groups is 3. The van der Waals surface area contributed by atoms with E-state index in [0.717, 1.165) is 38.8 Å². The van der Waals surface area contributed by atoms with Crippen LogP contribution in [0.5, 0.6) is 0 Å². The van der Waals surface area contributed by atoms with Crippen LogP contribution in [-0.4, -0.2) is 53.7 Å². The van der Waals surface area contributed by atoms with Crippen molar-refractivity contribution in [1.29, 1.82) is 0 Å². The second-order valence-corrected chi connectivity index (χ2v) is 8.58. The van der Waals surface area contributed by atoms with Crippen LogP contribution >= 0.6 is 11.3 Å². The zero-order chi connectivity index (χ0) is 20.2. The molecule has 1 aromatic carbocycles. The van der Waals surface area contributed by atoms with Gasteiger partial charge in [0.1, 0.15) is 0 Å². The molecule has 7 heteroatoms. The third kappa shape index (κ3) is 4.50. The Hall–Kier alpha value is -2.67. The van der Waals surface area contributed by atoms with Gasteiger partial charge in [-0.25, -0.2) is 0 Å². The van der Waals surface area contributed by atoms with Crippen molar-refractivity contribution in [1.82, 2.24) is 9.80 Å². The summed E-state index contributed by atoms with van der Waals surface area (Å²) >= 11 is 1.42. The Balaban J connectivity index is 1.39. The molecular weight excluding hydrogens is 386 g/mol. The highest BCUT2D eigenvalue weighted by Gasteiger charge is 2.29. The van der Waals surface area contributed by atoms with Gasteiger partial charge in [-0.05, 0) is 55.3 Å². The van der Waals surface area contributed by atoms with Crippen LogP contribution in [0.1, 0.15) is 45.7 Å². The lowest BCUT2D eigenvalue weighted by Gasteiger charge is -2.31. The first kappa shape index (κ1) is 19.6. The molecule has 0 aliphatic carbocycles. The fraction of sp³-hybridized carbons (Fsp3) is 0.409. The summed E-state index contributed by atoms with van der Waals surface area (Å²) in [6, 6.07) is 10.8. The number of benzene rings is 1. The van der Waals surface area contributed by atoms with Crippen molar-refractivity contribution in [2.75, 3.05) is 31.5 Å². The molecule has 152 valence electrons. The molecule has 2 fully saturated rings. The third-order valence-corrected chi connectivity index (χ3v) is 6.44. The standard InChI is InChI=1S/C22H25N3O3S/c26-20(17-7-4-12-25(15-17)22(28)19-9-5-13-29-19)23-18-8-3-6-16(14-18)21(27)24-10-1-2-11-24/h3,5-6,8-9,13-14,17H,1-2,4,7,10-12,15H2,(H,23,26). The van der Waals surface area contributed by atoms with Crippen LogP contribution < -0.4 is 5.32 Å². The number of piperidine rings is 1. The predicted octanol–water partition coefficient (Wildman–Crippen LogP) is 3.48. The molecular formula is C22H25N3O3S. The van der Waals surface area contributed by atoms with Gasteiger partial charge in [0.25, 0.3) is 11.8 Å². The van der Waals surface area contributed by atoms with Crippen molar-refractivity contribution in [3.8, 4) is 0 Å². The maximum Gasteiger partial charge on any atom is 0.263 e. The Labute approximate surface area is 174 Å². The Bertz CT molecular complexity index is 890. The van der Waals surface area contributed by atoms with E-state index in [-0.39, 0.29) is 23.6 Å². The smallest absolute Gasteiger partial charge is 0.263 e. The van der Waals surface area contributed by atoms with E-state index in [4.69, 9.17) is 0 Å². The number of carbonyl (C=O) groups excluding carboxylic acids is 3. The van der Waals surface area contributed by atoms with Gasteiger partial charge >= 0.3 is 0 Å². The highest BCUT2D eigenvalue weighted by Crippen LogP contribution is 2.23. The summed E-state index contributed by atoms with van der Waals surface area (Å²) in [5.41, 5.74) is 1.23. The maximum absolute atomic E-state index is 12.8. The largest absolute Gasteiger partial charge is 0.339 e. The second-order valence-electron chi connectivity index (χ2n) is 7.64. The molecule has 4 rings (SSSR count). The fourth-order valence-corrected chi connectivity index (χ4v) is 4.70. The Morgan fingerprint density at radius 3 is 2.48 bits per heavy atom. The number of hydrogen-bond donors (Lipinski definition) is 1. The molecule has 0 spiro atoms. The summed E-state index contributed by atoms with van der Waals surface area (Å²) < 4.78 is 0. The van der Waals surface area contributed by atoms with E-state index in [1.165, 1.54) is 11.3 Å². The van der Waals surface area contributed by atoms with Gasteiger partial charge in [-0.3, -0.25) is 14.4 Å². The number of likely N-dealkylation sites (tertiary alicyclic amines) is 2. The van der Waals surface area contributed by atoms with E-state index in [1.807, 2.05) is 22.4 Å². The lowest BCUT2D eigenvalue weighted by molar-refractivity contribution is -0.121. The minimum Gasteiger partial charge on any atom is -0.339 e. The molecule has 3 amide bonds. The Morgan fingerprint density at radius 2 is 1.72 bits per heavy atom. The lowest BCUT2D eigenvalue weighted by Crippen LogP contribution is -2.43. The summed E-state index contributed by atoms with van der Waals surface area (Å²) in [6.45, 7) is 2.70. The first-order valence-corrected chi connectivity index (χ1v) is 11.0. The van der Waals surface area contributed by atoms with Crippen molar-refractivity contribution in [2.45, 2.75) is 25.7 Å². The number of nitrogens with zero attached hydrogens (tertiary/aromatic N) is 2. The molecule has 2 saturated heterocycles. The normalized spacial score (nSPS) is 19.2. The number of hydrogen-bond acceptors (Lipinski definition) is 4. The second kappa shape index (κ2) is 8.78. The number of amides is 3. The minimum absolute atomic E-state index is 0.00397. The van der Waals surface area contributed by atoms with Gasteiger partial charge < -0.3 is 15.1 Å². The summed E-state index contributed by atoms with van der Waals surface area (Å²) in [4.78, 5) is 42.3. The lowest BCUT2D eigenvalue weighted by atomic mass is 9.96. The van der Waals surface area contributed by atoms with Crippen LogP contribution in [0.15, 0.2) is 41.8 Å². The molecule has 6 nitrogen and oxygen atoms in total. The van der Waals surface area contributed by atoms with Crippen LogP contribution in [0, 0.1) is 5.92 Å². The zero-order valence-electron chi connectivity index (χ0n) is 16.3. The number of nitrogens with one attached hydrogen (secondary N) is 1. The van der Waals surface area contributed by atoms with Gasteiger partial charge in [-0.15, -0.1) is 11.3 Å². The average molecular weight is 412 g/mol. The van der Waals surface area contributed by atoms with Gasteiger partial charge in [-0.2, -0.15) is 0 Å². The van der Waals surface area contributed by atoms with Gasteiger partial charge in [0, 0.05) is 37.4 Å². The summed E-state index contributed by atoms with van der Waals surface area (Å²) in [7, 11) is 0. The highest BCUT2D eigenvalue weighted by molar-refractivity contribution is 7.12. The van der Waals surface area contributed by atoms with Crippen LogP contribution in [0.4, 0.5) is 5.69 Å². The van der Waals surface area contributed by atoms with E-state index in [2.05, 4.69) is 5.32 Å². The predicted molar refractivity (Wildman–Crippen MR) is 113 cm³/mol. The van der Waals surface area contributed by atoms with E-state index in [1.54, 1.807) is 29.2 Å². The van der Waals surface area contributed by atoms with Gasteiger partial charge in [0.05, 0.1) is 10.8 Å². The zero-order valence-corrected chi connectivity index (χ0v) is 17.1. The molecule has 0 saturated carbocycles. The molecule has 2 aliphatic rings. The van der Waals surface area contributed by atoms with Crippen LogP contribution in [0.2, 0.25) is 0 Å². The maximum atomic E-state index is 12.8. The Morgan fingerprint density at radius 1 is 0.931 bits per heavy atom. The van der Waals surface area contributed by atoms with Gasteiger partial charge in [0.2, 0.25) is 5.91 Å². The molecule has 1 atom stereocenters. The van der Waals surface area contributed by atoms with Gasteiger partial charge in [-0.1, -0.05) is 12.1 Å². The van der Waals surface area contributed by atoms with E-state index < -0.39 is 0 Å². The Kier molecular flexibility index (Phi) is 5.94. The van der Waals surface area contributed by atoms with E-state index >= 15 is 0 Å². The quantitative estimate of drug-likeness (QED) is 0.837. The first-order chi connectivity index (χ1) is 14.1. The van der Waals surface area contributed by atoms with Crippen LogP contribution in [0.25, 0.3) is 0 Å². The molecule has 3 heterocycles. The molecule has 1 aromatic heterocycles. The monoisotopic (exact) mass is 411 g/mol.